The maximum absolute atomic E-state index is 9.22. The molecular formula is C13H12BrN3S2. The van der Waals surface area contributed by atoms with Crippen molar-refractivity contribution in [1.82, 2.24) is 9.97 Å². The molecule has 0 fully saturated rings. The summed E-state index contributed by atoms with van der Waals surface area (Å²) in [6, 6.07) is 4.17. The maximum atomic E-state index is 9.22. The minimum Gasteiger partial charge on any atom is -0.245 e. The summed E-state index contributed by atoms with van der Waals surface area (Å²) in [5.41, 5.74) is 3.59. The number of thioether (sulfide) groups is 1. The summed E-state index contributed by atoms with van der Waals surface area (Å²) in [6.45, 7) is 5.88. The molecule has 2 aromatic rings. The second kappa shape index (κ2) is 6.04. The highest BCUT2D eigenvalue weighted by molar-refractivity contribution is 9.11. The Hall–Kier alpha value is -0.900. The predicted octanol–water partition coefficient (Wildman–Crippen LogP) is 4.39. The van der Waals surface area contributed by atoms with Crippen LogP contribution in [-0.2, 0) is 5.75 Å². The fourth-order valence-corrected chi connectivity index (χ4v) is 4.62. The van der Waals surface area contributed by atoms with Crippen LogP contribution in [0.5, 0.6) is 0 Å². The van der Waals surface area contributed by atoms with E-state index in [2.05, 4.69) is 32.0 Å². The molecule has 19 heavy (non-hydrogen) atoms. The van der Waals surface area contributed by atoms with Gasteiger partial charge in [-0.15, -0.1) is 11.3 Å². The molecule has 0 bridgehead atoms. The molecule has 0 unspecified atom stereocenters. The van der Waals surface area contributed by atoms with Gasteiger partial charge in [0.15, 0.2) is 0 Å². The van der Waals surface area contributed by atoms with E-state index in [4.69, 9.17) is 0 Å². The van der Waals surface area contributed by atoms with Crippen molar-refractivity contribution in [1.29, 1.82) is 5.26 Å². The lowest BCUT2D eigenvalue weighted by Gasteiger charge is -2.06. The molecule has 0 saturated heterocycles. The Morgan fingerprint density at radius 2 is 2.11 bits per heavy atom. The van der Waals surface area contributed by atoms with Gasteiger partial charge in [-0.2, -0.15) is 5.26 Å². The first kappa shape index (κ1) is 14.5. The molecule has 0 spiro atoms. The van der Waals surface area contributed by atoms with Crippen LogP contribution >= 0.6 is 39.0 Å². The Morgan fingerprint density at radius 1 is 1.37 bits per heavy atom. The minimum atomic E-state index is 0.665. The first-order valence-electron chi connectivity index (χ1n) is 5.64. The number of halogens is 1. The molecular weight excluding hydrogens is 342 g/mol. The van der Waals surface area contributed by atoms with Crippen molar-refractivity contribution in [3.63, 3.8) is 0 Å². The highest BCUT2D eigenvalue weighted by Gasteiger charge is 2.12. The number of nitriles is 1. The van der Waals surface area contributed by atoms with Crippen molar-refractivity contribution in [3.8, 4) is 6.07 Å². The fraction of sp³-hybridized carbons (Fsp3) is 0.308. The standard InChI is InChI=1S/C13H12BrN3S2/c1-7-4-8(2)16-13(10(7)5-15)18-6-11-12(14)19-9(3)17-11/h4H,6H2,1-3H3. The van der Waals surface area contributed by atoms with Crippen LogP contribution in [0.3, 0.4) is 0 Å². The van der Waals surface area contributed by atoms with Gasteiger partial charge in [-0.05, 0) is 48.3 Å². The molecule has 6 heteroatoms. The number of hydrogen-bond acceptors (Lipinski definition) is 5. The molecule has 0 aliphatic carbocycles. The first-order valence-corrected chi connectivity index (χ1v) is 8.23. The third-order valence-electron chi connectivity index (χ3n) is 2.53. The Kier molecular flexibility index (Phi) is 4.61. The summed E-state index contributed by atoms with van der Waals surface area (Å²) < 4.78 is 1.06. The lowest BCUT2D eigenvalue weighted by molar-refractivity contribution is 1.03. The Bertz CT molecular complexity index is 659. The largest absolute Gasteiger partial charge is 0.245 e. The number of pyridine rings is 1. The van der Waals surface area contributed by atoms with Gasteiger partial charge in [0.25, 0.3) is 0 Å². The zero-order valence-corrected chi connectivity index (χ0v) is 14.0. The van der Waals surface area contributed by atoms with Crippen LogP contribution in [-0.4, -0.2) is 9.97 Å². The third-order valence-corrected chi connectivity index (χ3v) is 5.26. The van der Waals surface area contributed by atoms with Crippen molar-refractivity contribution in [2.75, 3.05) is 0 Å². The molecule has 0 saturated carbocycles. The summed E-state index contributed by atoms with van der Waals surface area (Å²) in [5, 5.41) is 11.0. The normalized spacial score (nSPS) is 10.5. The second-order valence-corrected chi connectivity index (χ2v) is 7.60. The van der Waals surface area contributed by atoms with E-state index in [1.54, 1.807) is 23.1 Å². The van der Waals surface area contributed by atoms with Gasteiger partial charge in [-0.1, -0.05) is 11.8 Å². The molecule has 2 aromatic heterocycles. The van der Waals surface area contributed by atoms with Gasteiger partial charge in [-0.25, -0.2) is 9.97 Å². The van der Waals surface area contributed by atoms with Gasteiger partial charge in [0.1, 0.15) is 11.1 Å². The quantitative estimate of drug-likeness (QED) is 0.767. The number of rotatable bonds is 3. The van der Waals surface area contributed by atoms with Crippen LogP contribution < -0.4 is 0 Å². The van der Waals surface area contributed by atoms with Gasteiger partial charge in [0.2, 0.25) is 0 Å². The fourth-order valence-electron chi connectivity index (χ4n) is 1.71. The van der Waals surface area contributed by atoms with Crippen molar-refractivity contribution in [3.05, 3.63) is 37.4 Å². The minimum absolute atomic E-state index is 0.665. The molecule has 0 atom stereocenters. The SMILES string of the molecule is Cc1cc(C)c(C#N)c(SCc2nc(C)sc2Br)n1. The lowest BCUT2D eigenvalue weighted by Crippen LogP contribution is -1.95. The molecule has 0 aliphatic heterocycles. The average Bonchev–Trinajstić information content (AvgIpc) is 2.64. The van der Waals surface area contributed by atoms with E-state index >= 15 is 0 Å². The van der Waals surface area contributed by atoms with E-state index in [0.717, 1.165) is 36.5 Å². The zero-order chi connectivity index (χ0) is 14.0. The van der Waals surface area contributed by atoms with E-state index in [9.17, 15) is 5.26 Å². The predicted molar refractivity (Wildman–Crippen MR) is 82.5 cm³/mol. The number of thiazole rings is 1. The number of nitrogens with zero attached hydrogens (tertiary/aromatic N) is 3. The summed E-state index contributed by atoms with van der Waals surface area (Å²) in [5.74, 6) is 0.718. The van der Waals surface area contributed by atoms with Crippen LogP contribution in [0.15, 0.2) is 14.9 Å². The molecule has 0 N–H and O–H groups in total. The van der Waals surface area contributed by atoms with Gasteiger partial charge in [0.05, 0.1) is 20.1 Å². The van der Waals surface area contributed by atoms with Gasteiger partial charge in [0, 0.05) is 11.4 Å². The van der Waals surface area contributed by atoms with Gasteiger partial charge in [-0.3, -0.25) is 0 Å². The van der Waals surface area contributed by atoms with E-state index in [1.165, 1.54) is 0 Å². The Morgan fingerprint density at radius 3 is 2.68 bits per heavy atom. The second-order valence-electron chi connectivity index (χ2n) is 4.11. The summed E-state index contributed by atoms with van der Waals surface area (Å²) in [6.07, 6.45) is 0. The molecule has 2 heterocycles. The smallest absolute Gasteiger partial charge is 0.115 e. The van der Waals surface area contributed by atoms with Crippen molar-refractivity contribution >= 4 is 39.0 Å². The van der Waals surface area contributed by atoms with Crippen LogP contribution in [0.2, 0.25) is 0 Å². The molecule has 0 aromatic carbocycles. The lowest BCUT2D eigenvalue weighted by atomic mass is 10.1. The van der Waals surface area contributed by atoms with Crippen molar-refractivity contribution < 1.29 is 0 Å². The van der Waals surface area contributed by atoms with Crippen LogP contribution in [0.25, 0.3) is 0 Å². The van der Waals surface area contributed by atoms with Crippen molar-refractivity contribution in [2.24, 2.45) is 0 Å². The molecule has 0 amide bonds. The topological polar surface area (TPSA) is 49.6 Å². The number of aryl methyl sites for hydroxylation is 3. The van der Waals surface area contributed by atoms with Crippen LogP contribution in [0, 0.1) is 32.1 Å². The van der Waals surface area contributed by atoms with E-state index in [1.807, 2.05) is 26.8 Å². The van der Waals surface area contributed by atoms with E-state index < -0.39 is 0 Å². The van der Waals surface area contributed by atoms with E-state index in [0.29, 0.717) is 5.56 Å². The molecule has 98 valence electrons. The number of aromatic nitrogens is 2. The van der Waals surface area contributed by atoms with Gasteiger partial charge < -0.3 is 0 Å². The highest BCUT2D eigenvalue weighted by atomic mass is 79.9. The summed E-state index contributed by atoms with van der Waals surface area (Å²) in [4.78, 5) is 8.92. The zero-order valence-electron chi connectivity index (χ0n) is 10.8. The summed E-state index contributed by atoms with van der Waals surface area (Å²) >= 11 is 6.70. The Balaban J connectivity index is 2.25. The molecule has 0 radical (unpaired) electrons. The monoisotopic (exact) mass is 353 g/mol. The summed E-state index contributed by atoms with van der Waals surface area (Å²) in [7, 11) is 0. The van der Waals surface area contributed by atoms with Gasteiger partial charge >= 0.3 is 0 Å². The Labute approximate surface area is 129 Å². The molecule has 2 rings (SSSR count). The van der Waals surface area contributed by atoms with E-state index in [-0.39, 0.29) is 0 Å². The average molecular weight is 354 g/mol. The molecule has 0 aliphatic rings. The number of hydrogen-bond donors (Lipinski definition) is 0. The van der Waals surface area contributed by atoms with Crippen LogP contribution in [0.4, 0.5) is 0 Å². The van der Waals surface area contributed by atoms with Crippen molar-refractivity contribution in [2.45, 2.75) is 31.6 Å². The maximum Gasteiger partial charge on any atom is 0.115 e. The van der Waals surface area contributed by atoms with Crippen LogP contribution in [0.1, 0.15) is 27.5 Å². The highest BCUT2D eigenvalue weighted by Crippen LogP contribution is 2.31. The molecule has 3 nitrogen and oxygen atoms in total. The first-order chi connectivity index (χ1) is 9.01. The third kappa shape index (κ3) is 3.35.